The molecule has 0 aromatic carbocycles. The first-order valence-corrected chi connectivity index (χ1v) is 4.76. The van der Waals surface area contributed by atoms with E-state index in [2.05, 4.69) is 27.7 Å². The molecule has 0 saturated carbocycles. The second-order valence-electron chi connectivity index (χ2n) is 3.14. The van der Waals surface area contributed by atoms with Gasteiger partial charge in [0.15, 0.2) is 5.82 Å². The zero-order chi connectivity index (χ0) is 10.4. The molecule has 0 amide bonds. The van der Waals surface area contributed by atoms with Gasteiger partial charge >= 0.3 is 0 Å². The van der Waals surface area contributed by atoms with E-state index < -0.39 is 0 Å². The third-order valence-corrected chi connectivity index (χ3v) is 1.73. The zero-order valence-electron chi connectivity index (χ0n) is 8.90. The number of hydrogen-bond acceptors (Lipinski definition) is 5. The lowest BCUT2D eigenvalue weighted by molar-refractivity contribution is 0.126. The van der Waals surface area contributed by atoms with E-state index in [1.165, 1.54) is 4.80 Å². The van der Waals surface area contributed by atoms with Gasteiger partial charge in [-0.3, -0.25) is 0 Å². The Hall–Kier alpha value is -1.01. The summed E-state index contributed by atoms with van der Waals surface area (Å²) in [5.74, 6) is 0.704. The molecule has 1 N–H and O–H groups in total. The third-order valence-electron chi connectivity index (χ3n) is 1.73. The average molecular weight is 199 g/mol. The molecular formula is C8H17N5O. The lowest BCUT2D eigenvalue weighted by Crippen LogP contribution is -2.30. The minimum absolute atomic E-state index is 0.304. The average Bonchev–Trinajstić information content (AvgIpc) is 2.58. The predicted molar refractivity (Wildman–Crippen MR) is 51.6 cm³/mol. The maximum absolute atomic E-state index is 5.26. The maximum atomic E-state index is 5.26. The Balaban J connectivity index is 2.20. The van der Waals surface area contributed by atoms with Gasteiger partial charge in [-0.15, -0.1) is 10.2 Å². The van der Waals surface area contributed by atoms with Gasteiger partial charge < -0.3 is 10.1 Å². The number of aryl methyl sites for hydroxylation is 1. The van der Waals surface area contributed by atoms with Crippen molar-refractivity contribution in [3.63, 3.8) is 0 Å². The molecule has 1 heterocycles. The largest absolute Gasteiger partial charge is 0.380 e. The van der Waals surface area contributed by atoms with Crippen LogP contribution in [0.15, 0.2) is 0 Å². The molecule has 80 valence electrons. The second-order valence-corrected chi connectivity index (χ2v) is 3.14. The molecule has 0 aliphatic carbocycles. The van der Waals surface area contributed by atoms with Crippen LogP contribution in [-0.4, -0.2) is 39.5 Å². The van der Waals surface area contributed by atoms with Crippen LogP contribution < -0.4 is 5.32 Å². The van der Waals surface area contributed by atoms with Crippen molar-refractivity contribution in [2.75, 3.05) is 13.2 Å². The summed E-state index contributed by atoms with van der Waals surface area (Å²) in [6, 6.07) is 0.304. The fraction of sp³-hybridized carbons (Fsp3) is 0.875. The highest BCUT2D eigenvalue weighted by Gasteiger charge is 2.04. The van der Waals surface area contributed by atoms with Crippen LogP contribution in [0.2, 0.25) is 0 Å². The van der Waals surface area contributed by atoms with Crippen molar-refractivity contribution in [1.29, 1.82) is 0 Å². The third kappa shape index (κ3) is 3.80. The molecule has 1 atom stereocenters. The van der Waals surface area contributed by atoms with Crippen molar-refractivity contribution in [2.45, 2.75) is 26.4 Å². The summed E-state index contributed by atoms with van der Waals surface area (Å²) in [5.41, 5.74) is 0. The lowest BCUT2D eigenvalue weighted by Gasteiger charge is -2.11. The minimum Gasteiger partial charge on any atom is -0.380 e. The van der Waals surface area contributed by atoms with Crippen LogP contribution in [0.1, 0.15) is 19.7 Å². The van der Waals surface area contributed by atoms with E-state index in [-0.39, 0.29) is 0 Å². The quantitative estimate of drug-likeness (QED) is 0.683. The van der Waals surface area contributed by atoms with E-state index in [0.717, 1.165) is 6.61 Å². The minimum atomic E-state index is 0.304. The normalized spacial score (nSPS) is 13.1. The van der Waals surface area contributed by atoms with Crippen molar-refractivity contribution < 1.29 is 4.74 Å². The SMILES string of the molecule is CCOCC(C)NCc1nnn(C)n1. The van der Waals surface area contributed by atoms with Crippen LogP contribution in [-0.2, 0) is 18.3 Å². The van der Waals surface area contributed by atoms with Crippen molar-refractivity contribution in [2.24, 2.45) is 7.05 Å². The summed E-state index contributed by atoms with van der Waals surface area (Å²) in [5, 5.41) is 14.9. The Morgan fingerprint density at radius 2 is 2.36 bits per heavy atom. The van der Waals surface area contributed by atoms with Crippen molar-refractivity contribution in [3.8, 4) is 0 Å². The van der Waals surface area contributed by atoms with E-state index >= 15 is 0 Å². The molecule has 14 heavy (non-hydrogen) atoms. The monoisotopic (exact) mass is 199 g/mol. The smallest absolute Gasteiger partial charge is 0.188 e. The molecule has 0 bridgehead atoms. The number of rotatable bonds is 6. The van der Waals surface area contributed by atoms with Crippen LogP contribution in [0.3, 0.4) is 0 Å². The van der Waals surface area contributed by atoms with E-state index in [1.807, 2.05) is 6.92 Å². The molecule has 0 radical (unpaired) electrons. The van der Waals surface area contributed by atoms with Crippen LogP contribution in [0, 0.1) is 0 Å². The predicted octanol–water partition coefficient (Wildman–Crippen LogP) is -0.275. The summed E-state index contributed by atoms with van der Waals surface area (Å²) in [4.78, 5) is 1.45. The van der Waals surface area contributed by atoms with Gasteiger partial charge in [-0.05, 0) is 19.1 Å². The first-order valence-electron chi connectivity index (χ1n) is 4.76. The topological polar surface area (TPSA) is 64.9 Å². The molecule has 0 fully saturated rings. The molecule has 0 saturated heterocycles. The summed E-state index contributed by atoms with van der Waals surface area (Å²) < 4.78 is 5.26. The van der Waals surface area contributed by atoms with Gasteiger partial charge in [0.1, 0.15) is 0 Å². The molecular weight excluding hydrogens is 182 g/mol. The number of tetrazole rings is 1. The van der Waals surface area contributed by atoms with E-state index in [1.54, 1.807) is 7.05 Å². The standard InChI is InChI=1S/C8H17N5O/c1-4-14-6-7(2)9-5-8-10-12-13(3)11-8/h7,9H,4-6H2,1-3H3. The molecule has 0 aliphatic heterocycles. The van der Waals surface area contributed by atoms with Crippen molar-refractivity contribution >= 4 is 0 Å². The van der Waals surface area contributed by atoms with E-state index in [0.29, 0.717) is 25.0 Å². The van der Waals surface area contributed by atoms with Gasteiger partial charge in [0, 0.05) is 12.6 Å². The van der Waals surface area contributed by atoms with Gasteiger partial charge in [0.2, 0.25) is 0 Å². The Labute approximate surface area is 83.6 Å². The zero-order valence-corrected chi connectivity index (χ0v) is 8.90. The first kappa shape index (κ1) is 11.1. The van der Waals surface area contributed by atoms with Crippen LogP contribution in [0.5, 0.6) is 0 Å². The second kappa shape index (κ2) is 5.66. The van der Waals surface area contributed by atoms with Gasteiger partial charge in [0.05, 0.1) is 20.2 Å². The van der Waals surface area contributed by atoms with Gasteiger partial charge in [-0.25, -0.2) is 0 Å². The highest BCUT2D eigenvalue weighted by atomic mass is 16.5. The number of hydrogen-bond donors (Lipinski definition) is 1. The molecule has 1 aromatic rings. The summed E-state index contributed by atoms with van der Waals surface area (Å²) >= 11 is 0. The molecule has 6 heteroatoms. The maximum Gasteiger partial charge on any atom is 0.188 e. The van der Waals surface area contributed by atoms with Crippen molar-refractivity contribution in [1.82, 2.24) is 25.5 Å². The van der Waals surface area contributed by atoms with Crippen molar-refractivity contribution in [3.05, 3.63) is 5.82 Å². The first-order chi connectivity index (χ1) is 6.72. The fourth-order valence-corrected chi connectivity index (χ4v) is 1.01. The lowest BCUT2D eigenvalue weighted by atomic mass is 10.3. The molecule has 1 rings (SSSR count). The summed E-state index contributed by atoms with van der Waals surface area (Å²) in [7, 11) is 1.75. The molecule has 0 spiro atoms. The van der Waals surface area contributed by atoms with E-state index in [4.69, 9.17) is 4.74 Å². The molecule has 1 unspecified atom stereocenters. The molecule has 1 aromatic heterocycles. The van der Waals surface area contributed by atoms with Gasteiger partial charge in [-0.2, -0.15) is 4.80 Å². The number of nitrogens with zero attached hydrogens (tertiary/aromatic N) is 4. The number of ether oxygens (including phenoxy) is 1. The van der Waals surface area contributed by atoms with Crippen LogP contribution in [0.4, 0.5) is 0 Å². The summed E-state index contributed by atoms with van der Waals surface area (Å²) in [6.07, 6.45) is 0. The number of aromatic nitrogens is 4. The Morgan fingerprint density at radius 3 is 2.93 bits per heavy atom. The van der Waals surface area contributed by atoms with Crippen LogP contribution in [0.25, 0.3) is 0 Å². The Bertz CT molecular complexity index is 262. The Morgan fingerprint density at radius 1 is 1.57 bits per heavy atom. The highest BCUT2D eigenvalue weighted by Crippen LogP contribution is 1.88. The van der Waals surface area contributed by atoms with Gasteiger partial charge in [-0.1, -0.05) is 0 Å². The Kier molecular flexibility index (Phi) is 4.48. The highest BCUT2D eigenvalue weighted by molar-refractivity contribution is 4.76. The number of nitrogens with one attached hydrogen (secondary N) is 1. The molecule has 0 aliphatic rings. The van der Waals surface area contributed by atoms with Gasteiger partial charge in [0.25, 0.3) is 0 Å². The fourth-order valence-electron chi connectivity index (χ4n) is 1.01. The van der Waals surface area contributed by atoms with Crippen LogP contribution >= 0.6 is 0 Å². The van der Waals surface area contributed by atoms with E-state index in [9.17, 15) is 0 Å². The molecule has 6 nitrogen and oxygen atoms in total. The summed E-state index contributed by atoms with van der Waals surface area (Å²) in [6.45, 7) is 6.12.